The van der Waals surface area contributed by atoms with Gasteiger partial charge in [0, 0.05) is 26.2 Å². The number of hydrogen-bond donors (Lipinski definition) is 0. The summed E-state index contributed by atoms with van der Waals surface area (Å²) in [6.07, 6.45) is 9.83. The molecule has 0 saturated carbocycles. The molecule has 0 unspecified atom stereocenters. The predicted molar refractivity (Wildman–Crippen MR) is 116 cm³/mol. The van der Waals surface area contributed by atoms with E-state index >= 15 is 0 Å². The van der Waals surface area contributed by atoms with Crippen LogP contribution in [0, 0.1) is 0 Å². The summed E-state index contributed by atoms with van der Waals surface area (Å²) >= 11 is 0. The van der Waals surface area contributed by atoms with Crippen LogP contribution in [0.3, 0.4) is 0 Å². The summed E-state index contributed by atoms with van der Waals surface area (Å²) in [6.45, 7) is 13.5. The van der Waals surface area contributed by atoms with Crippen molar-refractivity contribution in [2.24, 2.45) is 4.99 Å². The second-order valence-electron chi connectivity index (χ2n) is 7.14. The average molecular weight is 360 g/mol. The Labute approximate surface area is 162 Å². The van der Waals surface area contributed by atoms with Gasteiger partial charge in [-0.15, -0.1) is 0 Å². The van der Waals surface area contributed by atoms with Gasteiger partial charge in [-0.1, -0.05) is 71.6 Å². The van der Waals surface area contributed by atoms with E-state index in [2.05, 4.69) is 67.8 Å². The van der Waals surface area contributed by atoms with Gasteiger partial charge in [-0.25, -0.2) is 4.99 Å². The minimum atomic E-state index is 1.07. The first-order valence-electron chi connectivity index (χ1n) is 10.9. The van der Waals surface area contributed by atoms with Gasteiger partial charge in [0.1, 0.15) is 0 Å². The van der Waals surface area contributed by atoms with Crippen LogP contribution in [0.25, 0.3) is 0 Å². The van der Waals surface area contributed by atoms with Gasteiger partial charge >= 0.3 is 0 Å². The van der Waals surface area contributed by atoms with Crippen molar-refractivity contribution in [3.8, 4) is 0 Å². The molecule has 26 heavy (non-hydrogen) atoms. The van der Waals surface area contributed by atoms with Gasteiger partial charge in [0.25, 0.3) is 0 Å². The van der Waals surface area contributed by atoms with Gasteiger partial charge in [-0.2, -0.15) is 0 Å². The number of nitrogens with zero attached hydrogens (tertiary/aromatic N) is 3. The van der Waals surface area contributed by atoms with Crippen molar-refractivity contribution < 1.29 is 0 Å². The molecule has 0 amide bonds. The van der Waals surface area contributed by atoms with E-state index in [1.807, 2.05) is 0 Å². The zero-order chi connectivity index (χ0) is 19.0. The Balaban J connectivity index is 3.15. The van der Waals surface area contributed by atoms with E-state index in [4.69, 9.17) is 4.99 Å². The van der Waals surface area contributed by atoms with Crippen LogP contribution in [-0.4, -0.2) is 41.9 Å². The van der Waals surface area contributed by atoms with Crippen molar-refractivity contribution in [1.82, 2.24) is 9.80 Å². The van der Waals surface area contributed by atoms with Crippen molar-refractivity contribution in [3.63, 3.8) is 0 Å². The number of benzene rings is 1. The largest absolute Gasteiger partial charge is 0.343 e. The number of unbranched alkanes of at least 4 members (excludes halogenated alkanes) is 4. The highest BCUT2D eigenvalue weighted by Crippen LogP contribution is 2.16. The molecule has 0 aliphatic heterocycles. The molecule has 148 valence electrons. The number of aliphatic imine (C=N–C) groups is 1. The summed E-state index contributed by atoms with van der Waals surface area (Å²) in [5.41, 5.74) is 1.07. The maximum absolute atomic E-state index is 5.14. The molecule has 1 aromatic rings. The van der Waals surface area contributed by atoms with E-state index in [0.29, 0.717) is 0 Å². The fourth-order valence-corrected chi connectivity index (χ4v) is 2.98. The normalized spacial score (nSPS) is 10.6. The lowest BCUT2D eigenvalue weighted by molar-refractivity contribution is 0.302. The molecule has 0 bridgehead atoms. The summed E-state index contributed by atoms with van der Waals surface area (Å²) < 4.78 is 0. The summed E-state index contributed by atoms with van der Waals surface area (Å²) in [6, 6.07) is 10.5. The summed E-state index contributed by atoms with van der Waals surface area (Å²) in [4.78, 5) is 10.2. The quantitative estimate of drug-likeness (QED) is 0.296. The molecule has 3 nitrogen and oxygen atoms in total. The van der Waals surface area contributed by atoms with Gasteiger partial charge < -0.3 is 9.80 Å². The SMILES string of the molecule is CCCCN(CCCC)C(=Nc1ccccc1)N(CCCC)CCCC. The van der Waals surface area contributed by atoms with Crippen molar-refractivity contribution in [3.05, 3.63) is 30.3 Å². The highest BCUT2D eigenvalue weighted by atomic mass is 15.4. The van der Waals surface area contributed by atoms with Crippen LogP contribution in [0.2, 0.25) is 0 Å². The van der Waals surface area contributed by atoms with E-state index in [1.54, 1.807) is 0 Å². The molecule has 0 aliphatic rings. The zero-order valence-electron chi connectivity index (χ0n) is 17.7. The molecule has 0 aromatic heterocycles. The molecule has 1 aromatic carbocycles. The standard InChI is InChI=1S/C23H41N3/c1-5-9-18-25(19-10-6-2)23(24-22-16-14-13-15-17-22)26(20-11-7-3)21-12-8-4/h13-17H,5-12,18-21H2,1-4H3. The molecule has 0 aliphatic carbocycles. The van der Waals surface area contributed by atoms with Crippen molar-refractivity contribution >= 4 is 11.6 Å². The third-order valence-electron chi connectivity index (χ3n) is 4.68. The maximum atomic E-state index is 5.14. The fraction of sp³-hybridized carbons (Fsp3) is 0.696. The molecule has 0 atom stereocenters. The highest BCUT2D eigenvalue weighted by Gasteiger charge is 2.18. The second-order valence-corrected chi connectivity index (χ2v) is 7.14. The highest BCUT2D eigenvalue weighted by molar-refractivity contribution is 5.83. The first-order chi connectivity index (χ1) is 12.8. The summed E-state index contributed by atoms with van der Waals surface area (Å²) in [5, 5.41) is 0. The number of guanidine groups is 1. The molecule has 3 heteroatoms. The minimum Gasteiger partial charge on any atom is -0.343 e. The lowest BCUT2D eigenvalue weighted by Gasteiger charge is -2.35. The lowest BCUT2D eigenvalue weighted by atomic mass is 10.2. The summed E-state index contributed by atoms with van der Waals surface area (Å²) in [5.74, 6) is 1.19. The Bertz CT molecular complexity index is 432. The van der Waals surface area contributed by atoms with Crippen LogP contribution >= 0.6 is 0 Å². The molecule has 0 heterocycles. The lowest BCUT2D eigenvalue weighted by Crippen LogP contribution is -2.46. The van der Waals surface area contributed by atoms with Crippen LogP contribution in [-0.2, 0) is 0 Å². The van der Waals surface area contributed by atoms with E-state index in [-0.39, 0.29) is 0 Å². The molecule has 0 saturated heterocycles. The van der Waals surface area contributed by atoms with Crippen LogP contribution in [0.4, 0.5) is 5.69 Å². The summed E-state index contributed by atoms with van der Waals surface area (Å²) in [7, 11) is 0. The van der Waals surface area contributed by atoms with Gasteiger partial charge in [0.2, 0.25) is 5.96 Å². The fourth-order valence-electron chi connectivity index (χ4n) is 2.98. The maximum Gasteiger partial charge on any atom is 0.201 e. The van der Waals surface area contributed by atoms with Crippen molar-refractivity contribution in [2.45, 2.75) is 79.1 Å². The number of rotatable bonds is 13. The van der Waals surface area contributed by atoms with Crippen LogP contribution in [0.5, 0.6) is 0 Å². The first kappa shape index (κ1) is 22.5. The third kappa shape index (κ3) is 8.73. The molecule has 0 spiro atoms. The van der Waals surface area contributed by atoms with Gasteiger partial charge in [0.15, 0.2) is 0 Å². The second kappa shape index (κ2) is 14.6. The van der Waals surface area contributed by atoms with Crippen LogP contribution in [0.1, 0.15) is 79.1 Å². The average Bonchev–Trinajstić information content (AvgIpc) is 2.68. The Hall–Kier alpha value is -1.51. The van der Waals surface area contributed by atoms with E-state index in [1.165, 1.54) is 57.3 Å². The van der Waals surface area contributed by atoms with Gasteiger partial charge in [-0.05, 0) is 37.8 Å². The Morgan fingerprint density at radius 3 is 1.38 bits per heavy atom. The number of para-hydroxylation sites is 1. The third-order valence-corrected chi connectivity index (χ3v) is 4.68. The zero-order valence-corrected chi connectivity index (χ0v) is 17.7. The smallest absolute Gasteiger partial charge is 0.201 e. The topological polar surface area (TPSA) is 18.8 Å². The Morgan fingerprint density at radius 1 is 0.654 bits per heavy atom. The van der Waals surface area contributed by atoms with Crippen LogP contribution in [0.15, 0.2) is 35.3 Å². The Morgan fingerprint density at radius 2 is 1.04 bits per heavy atom. The molecular formula is C23H41N3. The number of hydrogen-bond acceptors (Lipinski definition) is 1. The van der Waals surface area contributed by atoms with E-state index in [9.17, 15) is 0 Å². The minimum absolute atomic E-state index is 1.07. The van der Waals surface area contributed by atoms with E-state index < -0.39 is 0 Å². The molecule has 0 N–H and O–H groups in total. The monoisotopic (exact) mass is 359 g/mol. The van der Waals surface area contributed by atoms with Crippen molar-refractivity contribution in [2.75, 3.05) is 26.2 Å². The van der Waals surface area contributed by atoms with Gasteiger partial charge in [0.05, 0.1) is 5.69 Å². The molecule has 1 rings (SSSR count). The first-order valence-corrected chi connectivity index (χ1v) is 10.9. The molecule has 0 radical (unpaired) electrons. The van der Waals surface area contributed by atoms with Crippen LogP contribution < -0.4 is 0 Å². The Kier molecular flexibility index (Phi) is 12.7. The predicted octanol–water partition coefficient (Wildman–Crippen LogP) is 6.48. The van der Waals surface area contributed by atoms with Gasteiger partial charge in [-0.3, -0.25) is 0 Å². The van der Waals surface area contributed by atoms with Crippen molar-refractivity contribution in [1.29, 1.82) is 0 Å². The molecule has 0 fully saturated rings. The van der Waals surface area contributed by atoms with E-state index in [0.717, 1.165) is 31.9 Å². The molecular weight excluding hydrogens is 318 g/mol.